The lowest BCUT2D eigenvalue weighted by molar-refractivity contribution is -0.144. The zero-order chi connectivity index (χ0) is 18.9. The van der Waals surface area contributed by atoms with Gasteiger partial charge in [-0.15, -0.1) is 5.10 Å². The minimum Gasteiger partial charge on any atom is -0.349 e. The van der Waals surface area contributed by atoms with Crippen LogP contribution in [-0.2, 0) is 12.7 Å². The fraction of sp³-hybridized carbons (Fsp3) is 0.400. The number of rotatable bonds is 5. The molecular formula is C15H16F3N7O. The van der Waals surface area contributed by atoms with Crippen molar-refractivity contribution in [2.24, 2.45) is 5.92 Å². The van der Waals surface area contributed by atoms with Crippen LogP contribution < -0.4 is 5.32 Å². The maximum absolute atomic E-state index is 13.0. The molecule has 0 fully saturated rings. The van der Waals surface area contributed by atoms with E-state index in [-0.39, 0.29) is 36.3 Å². The summed E-state index contributed by atoms with van der Waals surface area (Å²) in [6.07, 6.45) is -1.34. The van der Waals surface area contributed by atoms with Crippen LogP contribution in [0.25, 0.3) is 5.78 Å². The Morgan fingerprint density at radius 3 is 2.81 bits per heavy atom. The second-order valence-corrected chi connectivity index (χ2v) is 5.97. The Labute approximate surface area is 146 Å². The number of fused-ring (bicyclic) bond motifs is 1. The van der Waals surface area contributed by atoms with E-state index in [1.807, 2.05) is 0 Å². The first-order chi connectivity index (χ1) is 12.2. The molecule has 0 saturated carbocycles. The van der Waals surface area contributed by atoms with Crippen molar-refractivity contribution in [2.75, 3.05) is 6.54 Å². The highest BCUT2D eigenvalue weighted by Crippen LogP contribution is 2.30. The molecule has 1 N–H and O–H groups in total. The SMILES string of the molecule is Cc1cc(C(F)(F)F)n(C[C@H](C)CNC(=O)c2nc3ncccn3n2)n1. The van der Waals surface area contributed by atoms with Gasteiger partial charge in [0.2, 0.25) is 5.82 Å². The molecule has 1 atom stereocenters. The molecule has 3 rings (SSSR count). The first-order valence-electron chi connectivity index (χ1n) is 7.81. The lowest BCUT2D eigenvalue weighted by Gasteiger charge is -2.15. The number of hydrogen-bond donors (Lipinski definition) is 1. The summed E-state index contributed by atoms with van der Waals surface area (Å²) in [7, 11) is 0. The summed E-state index contributed by atoms with van der Waals surface area (Å²) in [5.41, 5.74) is -0.517. The molecule has 8 nitrogen and oxygen atoms in total. The zero-order valence-corrected chi connectivity index (χ0v) is 14.0. The quantitative estimate of drug-likeness (QED) is 0.742. The molecule has 3 aromatic heterocycles. The first-order valence-corrected chi connectivity index (χ1v) is 7.81. The van der Waals surface area contributed by atoms with Gasteiger partial charge in [0.15, 0.2) is 0 Å². The summed E-state index contributed by atoms with van der Waals surface area (Å²) in [5.74, 6) is -0.570. The van der Waals surface area contributed by atoms with E-state index in [0.717, 1.165) is 10.7 Å². The molecule has 0 radical (unpaired) electrons. The third kappa shape index (κ3) is 3.81. The van der Waals surface area contributed by atoms with Crippen LogP contribution in [0.2, 0.25) is 0 Å². The van der Waals surface area contributed by atoms with Gasteiger partial charge >= 0.3 is 6.18 Å². The molecule has 26 heavy (non-hydrogen) atoms. The summed E-state index contributed by atoms with van der Waals surface area (Å²) >= 11 is 0. The van der Waals surface area contributed by atoms with E-state index >= 15 is 0 Å². The molecule has 138 valence electrons. The molecule has 3 heterocycles. The van der Waals surface area contributed by atoms with Gasteiger partial charge in [0, 0.05) is 25.5 Å². The van der Waals surface area contributed by atoms with E-state index in [4.69, 9.17) is 0 Å². The molecule has 1 amide bonds. The van der Waals surface area contributed by atoms with Gasteiger partial charge in [-0.1, -0.05) is 6.92 Å². The molecule has 11 heteroatoms. The zero-order valence-electron chi connectivity index (χ0n) is 14.0. The number of amides is 1. The Bertz CT molecular complexity index is 898. The van der Waals surface area contributed by atoms with E-state index < -0.39 is 17.8 Å². The van der Waals surface area contributed by atoms with E-state index in [0.29, 0.717) is 0 Å². The summed E-state index contributed by atoms with van der Waals surface area (Å²) in [4.78, 5) is 20.1. The predicted molar refractivity (Wildman–Crippen MR) is 84.2 cm³/mol. The second-order valence-electron chi connectivity index (χ2n) is 5.97. The molecule has 0 spiro atoms. The fourth-order valence-corrected chi connectivity index (χ4v) is 2.45. The molecular weight excluding hydrogens is 351 g/mol. The van der Waals surface area contributed by atoms with E-state index in [9.17, 15) is 18.0 Å². The lowest BCUT2D eigenvalue weighted by Crippen LogP contribution is -2.31. The minimum atomic E-state index is -4.47. The Kier molecular flexibility index (Phi) is 4.62. The monoisotopic (exact) mass is 367 g/mol. The Hall–Kier alpha value is -2.98. The number of nitrogens with one attached hydrogen (secondary N) is 1. The van der Waals surface area contributed by atoms with Crippen LogP contribution in [0.5, 0.6) is 0 Å². The van der Waals surface area contributed by atoms with Crippen molar-refractivity contribution in [3.63, 3.8) is 0 Å². The number of hydrogen-bond acceptors (Lipinski definition) is 5. The molecule has 0 saturated heterocycles. The number of nitrogens with zero attached hydrogens (tertiary/aromatic N) is 6. The van der Waals surface area contributed by atoms with Crippen LogP contribution in [0.3, 0.4) is 0 Å². The van der Waals surface area contributed by atoms with Gasteiger partial charge in [0.25, 0.3) is 11.7 Å². The number of carbonyl (C=O) groups is 1. The molecule has 0 aromatic carbocycles. The second kappa shape index (κ2) is 6.73. The smallest absolute Gasteiger partial charge is 0.349 e. The van der Waals surface area contributed by atoms with Crippen molar-refractivity contribution in [3.8, 4) is 0 Å². The van der Waals surface area contributed by atoms with Gasteiger partial charge in [0.1, 0.15) is 5.69 Å². The standard InChI is InChI=1S/C15H16F3N7O/c1-9(8-25-11(15(16,17)18)6-10(2)22-25)7-20-13(26)12-21-14-19-4-3-5-24(14)23-12/h3-6,9H,7-8H2,1-2H3,(H,20,26)/t9-/m1/s1. The van der Waals surface area contributed by atoms with Gasteiger partial charge < -0.3 is 5.32 Å². The predicted octanol–water partition coefficient (Wildman–Crippen LogP) is 1.71. The van der Waals surface area contributed by atoms with Gasteiger partial charge in [-0.05, 0) is 25.0 Å². The van der Waals surface area contributed by atoms with E-state index in [2.05, 4.69) is 25.5 Å². The van der Waals surface area contributed by atoms with Crippen LogP contribution in [-0.4, -0.2) is 41.8 Å². The summed E-state index contributed by atoms with van der Waals surface area (Å²) in [6, 6.07) is 2.65. The van der Waals surface area contributed by atoms with Crippen LogP contribution in [0.4, 0.5) is 13.2 Å². The number of aryl methyl sites for hydroxylation is 1. The summed E-state index contributed by atoms with van der Waals surface area (Å²) in [6.45, 7) is 3.39. The average molecular weight is 367 g/mol. The van der Waals surface area contributed by atoms with Crippen molar-refractivity contribution in [1.82, 2.24) is 34.7 Å². The Morgan fingerprint density at radius 1 is 1.35 bits per heavy atom. The number of carbonyl (C=O) groups excluding carboxylic acids is 1. The highest BCUT2D eigenvalue weighted by Gasteiger charge is 2.35. The van der Waals surface area contributed by atoms with Crippen LogP contribution in [0.1, 0.15) is 28.9 Å². The van der Waals surface area contributed by atoms with Crippen molar-refractivity contribution >= 4 is 11.7 Å². The number of alkyl halides is 3. The van der Waals surface area contributed by atoms with Crippen LogP contribution in [0.15, 0.2) is 24.5 Å². The van der Waals surface area contributed by atoms with Crippen molar-refractivity contribution < 1.29 is 18.0 Å². The highest BCUT2D eigenvalue weighted by atomic mass is 19.4. The summed E-state index contributed by atoms with van der Waals surface area (Å²) in [5, 5.41) is 10.5. The fourth-order valence-electron chi connectivity index (χ4n) is 2.45. The molecule has 0 unspecified atom stereocenters. The van der Waals surface area contributed by atoms with Crippen LogP contribution >= 0.6 is 0 Å². The molecule has 0 bridgehead atoms. The maximum atomic E-state index is 13.0. The minimum absolute atomic E-state index is 0.0170. The number of halogens is 3. The Balaban J connectivity index is 1.62. The maximum Gasteiger partial charge on any atom is 0.433 e. The largest absolute Gasteiger partial charge is 0.433 e. The molecule has 0 aliphatic carbocycles. The van der Waals surface area contributed by atoms with Gasteiger partial charge in [-0.2, -0.15) is 23.3 Å². The van der Waals surface area contributed by atoms with Gasteiger partial charge in [-0.3, -0.25) is 9.48 Å². The number of aromatic nitrogens is 6. The van der Waals surface area contributed by atoms with Gasteiger partial charge in [-0.25, -0.2) is 9.50 Å². The van der Waals surface area contributed by atoms with Crippen molar-refractivity contribution in [2.45, 2.75) is 26.6 Å². The average Bonchev–Trinajstić information content (AvgIpc) is 3.15. The normalized spacial score (nSPS) is 13.1. The first kappa shape index (κ1) is 17.8. The topological polar surface area (TPSA) is 90.0 Å². The van der Waals surface area contributed by atoms with Crippen molar-refractivity contribution in [1.29, 1.82) is 0 Å². The van der Waals surface area contributed by atoms with Gasteiger partial charge in [0.05, 0.1) is 5.69 Å². The summed E-state index contributed by atoms with van der Waals surface area (Å²) < 4.78 is 41.3. The van der Waals surface area contributed by atoms with Crippen LogP contribution in [0, 0.1) is 12.8 Å². The Morgan fingerprint density at radius 2 is 2.12 bits per heavy atom. The van der Waals surface area contributed by atoms with E-state index in [1.54, 1.807) is 19.2 Å². The highest BCUT2D eigenvalue weighted by molar-refractivity contribution is 5.90. The van der Waals surface area contributed by atoms with E-state index in [1.165, 1.54) is 17.6 Å². The van der Waals surface area contributed by atoms with Crippen molar-refractivity contribution in [3.05, 3.63) is 41.7 Å². The third-order valence-electron chi connectivity index (χ3n) is 3.61. The molecule has 0 aliphatic heterocycles. The lowest BCUT2D eigenvalue weighted by atomic mass is 10.2. The molecule has 3 aromatic rings. The third-order valence-corrected chi connectivity index (χ3v) is 3.61. The molecule has 0 aliphatic rings.